The van der Waals surface area contributed by atoms with Gasteiger partial charge < -0.3 is 15.2 Å². The van der Waals surface area contributed by atoms with E-state index < -0.39 is 22.8 Å². The first-order chi connectivity index (χ1) is 26.5. The molecule has 0 spiro atoms. The number of hydrogen-bond donors (Lipinski definition) is 2. The summed E-state index contributed by atoms with van der Waals surface area (Å²) in [5, 5.41) is 13.7. The molecule has 57 heavy (non-hydrogen) atoms. The molecular weight excluding hydrogens is 734 g/mol. The number of esters is 1. The van der Waals surface area contributed by atoms with Crippen LogP contribution in [0.2, 0.25) is 5.02 Å². The van der Waals surface area contributed by atoms with Crippen LogP contribution in [0.3, 0.4) is 0 Å². The first-order valence-corrected chi connectivity index (χ1v) is 22.4. The van der Waals surface area contributed by atoms with Gasteiger partial charge in [-0.25, -0.2) is 0 Å². The number of amides is 1. The largest absolute Gasteiger partial charge is 0.481 e. The maximum atomic E-state index is 14.2. The standard InChI is InChI=1S/C49H68ClNO6/c1-11-48-21-19-37(57-38(53)28-43(5,6)42(55)56)44(7,8)35(48)18-20-46(10)36(48)17-16-33-40-39(29(2)3)34(52)27-47(40,23-22-45(33,46)9)26-30(4)41(54)51-49(24-25-49)31-12-14-32(50)15-13-31/h12-15,26,29,33,35-37H,11,16-25,27-28H2,1-10H3,(H,51,54)(H,55,56). The first-order valence-electron chi connectivity index (χ1n) is 22.0. The van der Waals surface area contributed by atoms with Gasteiger partial charge in [0, 0.05) is 27.8 Å². The maximum Gasteiger partial charge on any atom is 0.309 e. The lowest BCUT2D eigenvalue weighted by atomic mass is 9.32. The highest BCUT2D eigenvalue weighted by molar-refractivity contribution is 6.30. The third kappa shape index (κ3) is 6.49. The molecule has 8 atom stereocenters. The molecule has 7 rings (SSSR count). The number of benzene rings is 1. The molecule has 2 N–H and O–H groups in total. The summed E-state index contributed by atoms with van der Waals surface area (Å²) >= 11 is 6.19. The van der Waals surface area contributed by atoms with E-state index in [0.29, 0.717) is 28.9 Å². The number of fused-ring (bicyclic) bond motifs is 7. The summed E-state index contributed by atoms with van der Waals surface area (Å²) in [6, 6.07) is 7.81. The lowest BCUT2D eigenvalue weighted by Crippen LogP contribution is -2.66. The number of halogens is 1. The van der Waals surface area contributed by atoms with Crippen molar-refractivity contribution >= 4 is 35.2 Å². The van der Waals surface area contributed by atoms with Crippen LogP contribution in [0.1, 0.15) is 158 Å². The number of allylic oxidation sites excluding steroid dienone is 3. The van der Waals surface area contributed by atoms with Crippen molar-refractivity contribution in [3.05, 3.63) is 57.6 Å². The average molecular weight is 803 g/mol. The van der Waals surface area contributed by atoms with Gasteiger partial charge in [-0.1, -0.05) is 78.3 Å². The molecule has 6 aliphatic rings. The predicted molar refractivity (Wildman–Crippen MR) is 224 cm³/mol. The fourth-order valence-corrected chi connectivity index (χ4v) is 14.3. The van der Waals surface area contributed by atoms with E-state index in [2.05, 4.69) is 59.9 Å². The van der Waals surface area contributed by atoms with Crippen LogP contribution in [0.5, 0.6) is 0 Å². The summed E-state index contributed by atoms with van der Waals surface area (Å²) in [4.78, 5) is 53.3. The van der Waals surface area contributed by atoms with Crippen molar-refractivity contribution in [1.82, 2.24) is 5.32 Å². The molecule has 0 radical (unpaired) electrons. The molecule has 1 amide bonds. The second-order valence-electron chi connectivity index (χ2n) is 21.5. The number of ketones is 1. The van der Waals surface area contributed by atoms with Crippen LogP contribution in [0, 0.1) is 56.2 Å². The highest BCUT2D eigenvalue weighted by atomic mass is 35.5. The number of carboxylic acid groups (broad SMARTS) is 1. The van der Waals surface area contributed by atoms with Crippen molar-refractivity contribution in [2.45, 2.75) is 164 Å². The topological polar surface area (TPSA) is 110 Å². The van der Waals surface area contributed by atoms with E-state index in [4.69, 9.17) is 16.3 Å². The van der Waals surface area contributed by atoms with Crippen LogP contribution in [0.4, 0.5) is 0 Å². The van der Waals surface area contributed by atoms with Gasteiger partial charge in [0.25, 0.3) is 0 Å². The molecule has 0 saturated heterocycles. The Bertz CT molecular complexity index is 1900. The zero-order valence-corrected chi connectivity index (χ0v) is 37.1. The number of Topliss-reactive ketones (excluding diaryl/α,β-unsaturated/α-hetero) is 1. The van der Waals surface area contributed by atoms with Gasteiger partial charge in [-0.05, 0) is 160 Å². The molecule has 8 heteroatoms. The Morgan fingerprint density at radius 3 is 2.19 bits per heavy atom. The molecular formula is C49H68ClNO6. The Hall–Kier alpha value is -2.93. The highest BCUT2D eigenvalue weighted by Crippen LogP contribution is 2.77. The quantitative estimate of drug-likeness (QED) is 0.180. The number of carboxylic acids is 1. The van der Waals surface area contributed by atoms with Crippen LogP contribution in [-0.2, 0) is 29.5 Å². The highest BCUT2D eigenvalue weighted by Gasteiger charge is 2.70. The first kappa shape index (κ1) is 42.2. The molecule has 0 bridgehead atoms. The van der Waals surface area contributed by atoms with Crippen molar-refractivity contribution in [2.24, 2.45) is 56.2 Å². The average Bonchev–Trinajstić information content (AvgIpc) is 3.84. The monoisotopic (exact) mass is 801 g/mol. The Morgan fingerprint density at radius 2 is 1.60 bits per heavy atom. The number of rotatable bonds is 10. The van der Waals surface area contributed by atoms with Gasteiger partial charge in [-0.3, -0.25) is 19.2 Å². The molecule has 5 saturated carbocycles. The van der Waals surface area contributed by atoms with Gasteiger partial charge in [0.15, 0.2) is 5.78 Å². The minimum absolute atomic E-state index is 0.0147. The Labute approximate surface area is 346 Å². The molecule has 0 aliphatic heterocycles. The van der Waals surface area contributed by atoms with Crippen molar-refractivity contribution in [3.8, 4) is 0 Å². The van der Waals surface area contributed by atoms with Crippen molar-refractivity contribution < 1.29 is 29.0 Å². The summed E-state index contributed by atoms with van der Waals surface area (Å²) in [5.41, 5.74) is 2.05. The second kappa shape index (κ2) is 14.1. The van der Waals surface area contributed by atoms with Gasteiger partial charge in [0.1, 0.15) is 6.10 Å². The molecule has 6 aliphatic carbocycles. The SMILES string of the molecule is CCC12CCC(OC(=O)CC(C)(C)C(=O)O)C(C)(C)C1CCC1(C)C2CCC2C3=C(C(C)C)C(=O)CC3(C=C(C)C(=O)NC3(c4ccc(Cl)cc4)CC3)CCC21C. The summed E-state index contributed by atoms with van der Waals surface area (Å²) in [6.45, 7) is 21.6. The molecule has 0 heterocycles. The van der Waals surface area contributed by atoms with E-state index in [1.165, 1.54) is 5.57 Å². The van der Waals surface area contributed by atoms with E-state index in [9.17, 15) is 24.3 Å². The number of ether oxygens (including phenoxy) is 1. The fourth-order valence-electron chi connectivity index (χ4n) is 14.2. The van der Waals surface area contributed by atoms with E-state index >= 15 is 0 Å². The van der Waals surface area contributed by atoms with Crippen molar-refractivity contribution in [3.63, 3.8) is 0 Å². The van der Waals surface area contributed by atoms with E-state index in [1.54, 1.807) is 13.8 Å². The zero-order chi connectivity index (χ0) is 41.7. The Morgan fingerprint density at radius 1 is 0.930 bits per heavy atom. The van der Waals surface area contributed by atoms with Crippen LogP contribution in [0.25, 0.3) is 0 Å². The van der Waals surface area contributed by atoms with E-state index in [1.807, 2.05) is 31.2 Å². The van der Waals surface area contributed by atoms with Gasteiger partial charge in [0.2, 0.25) is 5.91 Å². The van der Waals surface area contributed by atoms with Crippen LogP contribution in [-0.4, -0.2) is 34.8 Å². The molecule has 0 aromatic heterocycles. The smallest absolute Gasteiger partial charge is 0.309 e. The summed E-state index contributed by atoms with van der Waals surface area (Å²) in [6.07, 6.45) is 13.1. The number of carbonyl (C=O) groups is 4. The summed E-state index contributed by atoms with van der Waals surface area (Å²) < 4.78 is 6.23. The van der Waals surface area contributed by atoms with Gasteiger partial charge in [0.05, 0.1) is 17.4 Å². The zero-order valence-electron chi connectivity index (χ0n) is 36.3. The molecule has 7 nitrogen and oxygen atoms in total. The Kier molecular flexibility index (Phi) is 10.4. The summed E-state index contributed by atoms with van der Waals surface area (Å²) in [7, 11) is 0. The van der Waals surface area contributed by atoms with E-state index in [-0.39, 0.29) is 63.2 Å². The molecule has 1 aromatic carbocycles. The third-order valence-corrected chi connectivity index (χ3v) is 17.8. The minimum atomic E-state index is -1.17. The Balaban J connectivity index is 1.18. The molecule has 1 aromatic rings. The van der Waals surface area contributed by atoms with Crippen LogP contribution >= 0.6 is 11.6 Å². The molecule has 5 fully saturated rings. The fraction of sp³-hybridized carbons (Fsp3) is 0.714. The third-order valence-electron chi connectivity index (χ3n) is 17.6. The normalized spacial score (nSPS) is 36.8. The lowest BCUT2D eigenvalue weighted by Gasteiger charge is -2.72. The van der Waals surface area contributed by atoms with Gasteiger partial charge in [-0.15, -0.1) is 0 Å². The lowest BCUT2D eigenvalue weighted by molar-refractivity contribution is -0.239. The number of nitrogens with one attached hydrogen (secondary N) is 1. The van der Waals surface area contributed by atoms with Crippen molar-refractivity contribution in [1.29, 1.82) is 0 Å². The predicted octanol–water partition coefficient (Wildman–Crippen LogP) is 11.2. The maximum absolute atomic E-state index is 14.2. The van der Waals surface area contributed by atoms with Gasteiger partial charge >= 0.3 is 11.9 Å². The van der Waals surface area contributed by atoms with E-state index in [0.717, 1.165) is 81.8 Å². The molecule has 8 unspecified atom stereocenters. The van der Waals surface area contributed by atoms with Crippen molar-refractivity contribution in [2.75, 3.05) is 0 Å². The van der Waals surface area contributed by atoms with Gasteiger partial charge in [-0.2, -0.15) is 0 Å². The van der Waals surface area contributed by atoms with Crippen LogP contribution < -0.4 is 5.32 Å². The number of aliphatic carboxylic acids is 1. The number of hydrogen-bond acceptors (Lipinski definition) is 5. The minimum Gasteiger partial charge on any atom is -0.481 e. The number of carbonyl (C=O) groups excluding carboxylic acids is 3. The second-order valence-corrected chi connectivity index (χ2v) is 21.9. The van der Waals surface area contributed by atoms with Crippen LogP contribution in [0.15, 0.2) is 47.1 Å². The molecule has 312 valence electrons. The summed E-state index contributed by atoms with van der Waals surface area (Å²) in [5.74, 6) is 0.0476.